The average Bonchev–Trinajstić information content (AvgIpc) is 3.53. The van der Waals surface area contributed by atoms with Crippen LogP contribution in [0.3, 0.4) is 0 Å². The van der Waals surface area contributed by atoms with E-state index in [4.69, 9.17) is 53.7 Å². The average molecular weight is 710 g/mol. The predicted molar refractivity (Wildman–Crippen MR) is 186 cm³/mol. The number of benzene rings is 4. The van der Waals surface area contributed by atoms with Crippen LogP contribution in [0.15, 0.2) is 119 Å². The van der Waals surface area contributed by atoms with Gasteiger partial charge in [0, 0.05) is 34.0 Å². The smallest absolute Gasteiger partial charge is 0.276 e. The van der Waals surface area contributed by atoms with Gasteiger partial charge in [-0.25, -0.2) is 4.98 Å². The Kier molecular flexibility index (Phi) is 10.6. The minimum absolute atomic E-state index is 0.0504. The maximum absolute atomic E-state index is 12.3. The minimum Gasteiger partial charge on any atom is -0.431 e. The largest absolute Gasteiger partial charge is 0.431 e. The molecule has 4 aromatic carbocycles. The van der Waals surface area contributed by atoms with Gasteiger partial charge in [-0.2, -0.15) is 0 Å². The zero-order chi connectivity index (χ0) is 33.0. The highest BCUT2D eigenvalue weighted by atomic mass is 35.6. The Balaban J connectivity index is 1.28. The number of oxazole rings is 1. The third kappa shape index (κ3) is 8.04. The van der Waals surface area contributed by atoms with Crippen LogP contribution in [0.4, 0.5) is 5.69 Å². The quantitative estimate of drug-likeness (QED) is 0.116. The number of anilines is 1. The number of carbonyl (C=O) groups is 1. The second kappa shape index (κ2) is 14.8. The predicted octanol–water partition coefficient (Wildman–Crippen LogP) is 9.39. The molecule has 0 saturated carbocycles. The molecule has 242 valence electrons. The Hall–Kier alpha value is -3.34. The van der Waals surface area contributed by atoms with Crippen molar-refractivity contribution < 1.29 is 23.8 Å². The van der Waals surface area contributed by atoms with Crippen molar-refractivity contribution >= 4 is 58.2 Å². The summed E-state index contributed by atoms with van der Waals surface area (Å²) in [6, 6.07) is 34.6. The second-order valence-electron chi connectivity index (χ2n) is 11.1. The first-order valence-electron chi connectivity index (χ1n) is 14.9. The van der Waals surface area contributed by atoms with E-state index in [2.05, 4.69) is 12.2 Å². The number of alkyl halides is 3. The molecule has 1 aromatic heterocycles. The number of hydrogen-bond acceptors (Lipinski definition) is 7. The normalized spacial score (nSPS) is 19.8. The van der Waals surface area contributed by atoms with E-state index in [0.29, 0.717) is 28.0 Å². The third-order valence-electron chi connectivity index (χ3n) is 7.86. The zero-order valence-corrected chi connectivity index (χ0v) is 28.3. The van der Waals surface area contributed by atoms with Gasteiger partial charge in [0.05, 0.1) is 18.8 Å². The number of rotatable bonds is 9. The summed E-state index contributed by atoms with van der Waals surface area (Å²) < 4.78 is 17.4. The Morgan fingerprint density at radius 1 is 0.872 bits per heavy atom. The molecule has 4 atom stereocenters. The number of ether oxygens (including phenoxy) is 2. The maximum atomic E-state index is 12.3. The lowest BCUT2D eigenvalue weighted by Gasteiger charge is -2.41. The lowest BCUT2D eigenvalue weighted by molar-refractivity contribution is -0.268. The summed E-state index contributed by atoms with van der Waals surface area (Å²) in [6.45, 7) is 2.04. The van der Waals surface area contributed by atoms with Crippen molar-refractivity contribution in [2.45, 2.75) is 41.0 Å². The number of aromatic nitrogens is 1. The molecule has 11 heteroatoms. The fraction of sp³-hybridized carbons (Fsp3) is 0.222. The molecule has 1 saturated heterocycles. The fourth-order valence-electron chi connectivity index (χ4n) is 5.37. The van der Waals surface area contributed by atoms with Crippen LogP contribution in [0.25, 0.3) is 22.6 Å². The number of halogens is 3. The van der Waals surface area contributed by atoms with Crippen molar-refractivity contribution in [3.05, 3.63) is 126 Å². The summed E-state index contributed by atoms with van der Waals surface area (Å²) in [5.74, 6) is 0.390. The van der Waals surface area contributed by atoms with Crippen molar-refractivity contribution in [1.29, 1.82) is 0 Å². The molecule has 0 spiro atoms. The number of nitrogens with one attached hydrogen (secondary N) is 1. The molecule has 1 aliphatic rings. The highest BCUT2D eigenvalue weighted by Gasteiger charge is 2.39. The van der Waals surface area contributed by atoms with Crippen LogP contribution in [0.5, 0.6) is 0 Å². The molecule has 6 rings (SSSR count). The van der Waals surface area contributed by atoms with E-state index >= 15 is 0 Å². The lowest BCUT2D eigenvalue weighted by atomic mass is 9.91. The number of aliphatic hydroxyl groups excluding tert-OH is 1. The van der Waals surface area contributed by atoms with Gasteiger partial charge in [0.15, 0.2) is 12.1 Å². The van der Waals surface area contributed by atoms with E-state index in [1.807, 2.05) is 91.0 Å². The van der Waals surface area contributed by atoms with Gasteiger partial charge >= 0.3 is 0 Å². The highest BCUT2D eigenvalue weighted by molar-refractivity contribution is 7.99. The van der Waals surface area contributed by atoms with Gasteiger partial charge in [0.25, 0.3) is 14.9 Å². The summed E-state index contributed by atoms with van der Waals surface area (Å²) in [4.78, 5) is 17.2. The monoisotopic (exact) mass is 708 g/mol. The van der Waals surface area contributed by atoms with Gasteiger partial charge in [-0.15, -0.1) is 0 Å². The van der Waals surface area contributed by atoms with Gasteiger partial charge in [-0.1, -0.05) is 151 Å². The third-order valence-corrected chi connectivity index (χ3v) is 9.29. The second-order valence-corrected chi connectivity index (χ2v) is 14.4. The first kappa shape index (κ1) is 33.6. The van der Waals surface area contributed by atoms with Gasteiger partial charge in [-0.05, 0) is 23.3 Å². The standard InChI is InChI=1S/C36H31Cl3N2O5S/c1-22-29(21-47-35-41-30(24-9-4-2-5-10-24)32(46-35)25-11-6-3-7-12-25)44-33(45-31(22)26-17-15-23(20-42)16-18-26)27-13-8-14-28(19-27)40-34(43)36(37,38)39/h2-19,22,29,31,33,42H,20-21H2,1H3,(H,40,43)/t22-,29+,31+,33+/m1/s1. The van der Waals surface area contributed by atoms with E-state index in [0.717, 1.165) is 27.9 Å². The summed E-state index contributed by atoms with van der Waals surface area (Å²) >= 11 is 18.8. The Bertz CT molecular complexity index is 1740. The van der Waals surface area contributed by atoms with Crippen LogP contribution in [-0.4, -0.2) is 31.6 Å². The molecule has 0 bridgehead atoms. The molecule has 2 heterocycles. The number of aliphatic hydroxyl groups is 1. The first-order chi connectivity index (χ1) is 22.7. The minimum atomic E-state index is -2.11. The Morgan fingerprint density at radius 2 is 1.55 bits per heavy atom. The first-order valence-corrected chi connectivity index (χ1v) is 17.0. The van der Waals surface area contributed by atoms with Crippen LogP contribution in [0.2, 0.25) is 0 Å². The fourth-order valence-corrected chi connectivity index (χ4v) is 6.50. The number of hydrogen-bond donors (Lipinski definition) is 2. The van der Waals surface area contributed by atoms with E-state index in [9.17, 15) is 9.90 Å². The van der Waals surface area contributed by atoms with E-state index in [-0.39, 0.29) is 24.7 Å². The molecule has 7 nitrogen and oxygen atoms in total. The van der Waals surface area contributed by atoms with E-state index in [1.54, 1.807) is 18.2 Å². The van der Waals surface area contributed by atoms with Crippen molar-refractivity contribution in [3.63, 3.8) is 0 Å². The Labute approximate surface area is 292 Å². The highest BCUT2D eigenvalue weighted by Crippen LogP contribution is 2.44. The molecular formula is C36H31Cl3N2O5S. The van der Waals surface area contributed by atoms with Crippen molar-refractivity contribution in [2.75, 3.05) is 11.1 Å². The van der Waals surface area contributed by atoms with Crippen molar-refractivity contribution in [2.24, 2.45) is 5.92 Å². The SMILES string of the molecule is C[C@@H]1[C@H](CSc2nc(-c3ccccc3)c(-c3ccccc3)o2)O[C@H](c2cccc(NC(=O)C(Cl)(Cl)Cl)c2)O[C@@H]1c1ccc(CO)cc1. The van der Waals surface area contributed by atoms with Crippen LogP contribution in [0.1, 0.15) is 36.0 Å². The molecule has 1 amide bonds. The molecule has 0 aliphatic carbocycles. The van der Waals surface area contributed by atoms with Gasteiger partial charge in [0.2, 0.25) is 0 Å². The van der Waals surface area contributed by atoms with Crippen LogP contribution in [0, 0.1) is 5.92 Å². The van der Waals surface area contributed by atoms with Crippen LogP contribution in [-0.2, 0) is 20.9 Å². The van der Waals surface area contributed by atoms with Gasteiger partial charge < -0.3 is 24.3 Å². The molecule has 1 fully saturated rings. The molecule has 47 heavy (non-hydrogen) atoms. The number of thioether (sulfide) groups is 1. The van der Waals surface area contributed by atoms with Crippen molar-refractivity contribution in [3.8, 4) is 22.6 Å². The molecule has 0 radical (unpaired) electrons. The van der Waals surface area contributed by atoms with E-state index < -0.39 is 16.0 Å². The number of amides is 1. The topological polar surface area (TPSA) is 93.8 Å². The molecule has 1 aliphatic heterocycles. The summed E-state index contributed by atoms with van der Waals surface area (Å²) in [6.07, 6.45) is -1.39. The molecule has 2 N–H and O–H groups in total. The van der Waals surface area contributed by atoms with E-state index in [1.165, 1.54) is 11.8 Å². The molecule has 5 aromatic rings. The molecule has 0 unspecified atom stereocenters. The van der Waals surface area contributed by atoms with Crippen LogP contribution >= 0.6 is 46.6 Å². The van der Waals surface area contributed by atoms with Crippen molar-refractivity contribution in [1.82, 2.24) is 4.98 Å². The number of carbonyl (C=O) groups excluding carboxylic acids is 1. The van der Waals surface area contributed by atoms with Gasteiger partial charge in [0.1, 0.15) is 5.69 Å². The Morgan fingerprint density at radius 3 is 2.21 bits per heavy atom. The summed E-state index contributed by atoms with van der Waals surface area (Å²) in [5, 5.41) is 12.7. The maximum Gasteiger partial charge on any atom is 0.276 e. The zero-order valence-electron chi connectivity index (χ0n) is 25.2. The number of nitrogens with zero attached hydrogens (tertiary/aromatic N) is 1. The van der Waals surface area contributed by atoms with Crippen LogP contribution < -0.4 is 5.32 Å². The van der Waals surface area contributed by atoms with Gasteiger partial charge in [-0.3, -0.25) is 4.79 Å². The lowest BCUT2D eigenvalue weighted by Crippen LogP contribution is -2.38. The summed E-state index contributed by atoms with van der Waals surface area (Å²) in [7, 11) is 0. The summed E-state index contributed by atoms with van der Waals surface area (Å²) in [5.41, 5.74) is 5.55. The molecular weight excluding hydrogens is 679 g/mol.